The van der Waals surface area contributed by atoms with Crippen LogP contribution in [0, 0.1) is 5.92 Å². The SMILES string of the molecule is CC(C)C(S)C(=O)N1CCC(N2CCCCC2)C1. The number of nitrogens with zero attached hydrogens (tertiary/aromatic N) is 2. The van der Waals surface area contributed by atoms with Gasteiger partial charge in [0.15, 0.2) is 0 Å². The van der Waals surface area contributed by atoms with Crippen molar-refractivity contribution < 1.29 is 4.79 Å². The van der Waals surface area contributed by atoms with Crippen LogP contribution >= 0.6 is 12.6 Å². The second-order valence-corrected chi connectivity index (χ2v) is 6.57. The maximum absolute atomic E-state index is 12.2. The molecule has 0 bridgehead atoms. The molecule has 1 amide bonds. The van der Waals surface area contributed by atoms with Gasteiger partial charge in [-0.3, -0.25) is 9.69 Å². The molecule has 2 heterocycles. The van der Waals surface area contributed by atoms with Crippen LogP contribution in [-0.2, 0) is 4.79 Å². The van der Waals surface area contributed by atoms with Gasteiger partial charge in [0.1, 0.15) is 0 Å². The Morgan fingerprint density at radius 2 is 1.83 bits per heavy atom. The predicted octanol–water partition coefficient (Wildman–Crippen LogP) is 2.03. The van der Waals surface area contributed by atoms with Crippen LogP contribution in [-0.4, -0.2) is 53.2 Å². The van der Waals surface area contributed by atoms with Gasteiger partial charge in [0.05, 0.1) is 5.25 Å². The third-order valence-corrected chi connectivity index (χ3v) is 5.08. The number of thiol groups is 1. The molecule has 0 N–H and O–H groups in total. The van der Waals surface area contributed by atoms with Crippen molar-refractivity contribution in [3.63, 3.8) is 0 Å². The summed E-state index contributed by atoms with van der Waals surface area (Å²) in [7, 11) is 0. The van der Waals surface area contributed by atoms with Crippen LogP contribution in [0.25, 0.3) is 0 Å². The van der Waals surface area contributed by atoms with Gasteiger partial charge in [0.25, 0.3) is 0 Å². The lowest BCUT2D eigenvalue weighted by Gasteiger charge is -2.32. The molecule has 0 spiro atoms. The second kappa shape index (κ2) is 6.29. The Morgan fingerprint density at radius 3 is 2.44 bits per heavy atom. The number of carbonyl (C=O) groups excluding carboxylic acids is 1. The van der Waals surface area contributed by atoms with E-state index in [1.807, 2.05) is 4.90 Å². The zero-order chi connectivity index (χ0) is 13.1. The molecule has 2 atom stereocenters. The normalized spacial score (nSPS) is 27.8. The van der Waals surface area contributed by atoms with Gasteiger partial charge in [-0.15, -0.1) is 0 Å². The van der Waals surface area contributed by atoms with Gasteiger partial charge in [0, 0.05) is 19.1 Å². The zero-order valence-corrected chi connectivity index (χ0v) is 12.5. The van der Waals surface area contributed by atoms with E-state index >= 15 is 0 Å². The zero-order valence-electron chi connectivity index (χ0n) is 11.6. The molecule has 0 aliphatic carbocycles. The molecule has 0 aromatic rings. The summed E-state index contributed by atoms with van der Waals surface area (Å²) in [6.07, 6.45) is 5.17. The maximum Gasteiger partial charge on any atom is 0.235 e. The summed E-state index contributed by atoms with van der Waals surface area (Å²) in [5, 5.41) is -0.134. The summed E-state index contributed by atoms with van der Waals surface area (Å²) in [6.45, 7) is 8.41. The third-order valence-electron chi connectivity index (χ3n) is 4.27. The number of rotatable bonds is 3. The highest BCUT2D eigenvalue weighted by molar-refractivity contribution is 7.81. The van der Waals surface area contributed by atoms with Gasteiger partial charge in [0.2, 0.25) is 5.91 Å². The van der Waals surface area contributed by atoms with Crippen molar-refractivity contribution in [2.45, 2.75) is 50.8 Å². The van der Waals surface area contributed by atoms with Crippen molar-refractivity contribution in [3.05, 3.63) is 0 Å². The molecule has 18 heavy (non-hydrogen) atoms. The number of carbonyl (C=O) groups is 1. The van der Waals surface area contributed by atoms with Crippen molar-refractivity contribution in [2.75, 3.05) is 26.2 Å². The van der Waals surface area contributed by atoms with Crippen molar-refractivity contribution in [3.8, 4) is 0 Å². The van der Waals surface area contributed by atoms with Gasteiger partial charge in [-0.1, -0.05) is 20.3 Å². The van der Waals surface area contributed by atoms with E-state index in [1.165, 1.54) is 32.4 Å². The maximum atomic E-state index is 12.2. The summed E-state index contributed by atoms with van der Waals surface area (Å²) in [5.41, 5.74) is 0. The summed E-state index contributed by atoms with van der Waals surface area (Å²) < 4.78 is 0. The van der Waals surface area contributed by atoms with Crippen LogP contribution in [0.2, 0.25) is 0 Å². The number of piperidine rings is 1. The molecule has 2 fully saturated rings. The van der Waals surface area contributed by atoms with E-state index in [-0.39, 0.29) is 11.2 Å². The van der Waals surface area contributed by atoms with Crippen LogP contribution in [0.3, 0.4) is 0 Å². The van der Waals surface area contributed by atoms with E-state index in [4.69, 9.17) is 0 Å². The van der Waals surface area contributed by atoms with Crippen LogP contribution in [0.5, 0.6) is 0 Å². The van der Waals surface area contributed by atoms with E-state index in [9.17, 15) is 4.79 Å². The second-order valence-electron chi connectivity index (χ2n) is 6.01. The number of hydrogen-bond donors (Lipinski definition) is 1. The molecule has 3 nitrogen and oxygen atoms in total. The smallest absolute Gasteiger partial charge is 0.235 e. The number of likely N-dealkylation sites (tertiary alicyclic amines) is 2. The minimum Gasteiger partial charge on any atom is -0.340 e. The Kier molecular flexibility index (Phi) is 4.96. The van der Waals surface area contributed by atoms with Crippen molar-refractivity contribution >= 4 is 18.5 Å². The Labute approximate surface area is 116 Å². The van der Waals surface area contributed by atoms with E-state index < -0.39 is 0 Å². The summed E-state index contributed by atoms with van der Waals surface area (Å²) in [5.74, 6) is 0.544. The molecule has 2 rings (SSSR count). The fourth-order valence-corrected chi connectivity index (χ4v) is 3.16. The summed E-state index contributed by atoms with van der Waals surface area (Å²) in [4.78, 5) is 16.9. The van der Waals surface area contributed by atoms with E-state index in [0.717, 1.165) is 19.5 Å². The molecule has 0 saturated carbocycles. The Bertz CT molecular complexity index is 290. The molecule has 0 radical (unpaired) electrons. The fourth-order valence-electron chi connectivity index (χ4n) is 3.00. The highest BCUT2D eigenvalue weighted by Crippen LogP contribution is 2.22. The molecule has 0 aromatic carbocycles. The highest BCUT2D eigenvalue weighted by Gasteiger charge is 2.33. The summed E-state index contributed by atoms with van der Waals surface area (Å²) in [6, 6.07) is 0.599. The quantitative estimate of drug-likeness (QED) is 0.793. The molecule has 0 aromatic heterocycles. The standard InChI is InChI=1S/C14H26N2OS/c1-11(2)13(18)14(17)16-9-6-12(10-16)15-7-4-3-5-8-15/h11-13,18H,3-10H2,1-2H3. The highest BCUT2D eigenvalue weighted by atomic mass is 32.1. The van der Waals surface area contributed by atoms with E-state index in [0.29, 0.717) is 12.0 Å². The molecule has 2 aliphatic heterocycles. The monoisotopic (exact) mass is 270 g/mol. The topological polar surface area (TPSA) is 23.6 Å². The molecule has 2 unspecified atom stereocenters. The first-order valence-corrected chi connectivity index (χ1v) is 7.82. The molecule has 104 valence electrons. The van der Waals surface area contributed by atoms with Gasteiger partial charge in [-0.25, -0.2) is 0 Å². The average Bonchev–Trinajstić information content (AvgIpc) is 2.87. The summed E-state index contributed by atoms with van der Waals surface area (Å²) >= 11 is 4.45. The largest absolute Gasteiger partial charge is 0.340 e. The van der Waals surface area contributed by atoms with Gasteiger partial charge >= 0.3 is 0 Å². The van der Waals surface area contributed by atoms with Gasteiger partial charge in [-0.2, -0.15) is 12.6 Å². The van der Waals surface area contributed by atoms with Crippen LogP contribution in [0.15, 0.2) is 0 Å². The lowest BCUT2D eigenvalue weighted by molar-refractivity contribution is -0.130. The Hall–Kier alpha value is -0.220. The molecular weight excluding hydrogens is 244 g/mol. The minimum absolute atomic E-state index is 0.134. The van der Waals surface area contributed by atoms with Crippen LogP contribution in [0.1, 0.15) is 39.5 Å². The van der Waals surface area contributed by atoms with Crippen LogP contribution < -0.4 is 0 Å². The lowest BCUT2D eigenvalue weighted by Crippen LogP contribution is -2.43. The van der Waals surface area contributed by atoms with Crippen molar-refractivity contribution in [1.82, 2.24) is 9.80 Å². The molecule has 2 aliphatic rings. The molecular formula is C14H26N2OS. The Morgan fingerprint density at radius 1 is 1.17 bits per heavy atom. The number of hydrogen-bond acceptors (Lipinski definition) is 3. The Balaban J connectivity index is 1.85. The fraction of sp³-hybridized carbons (Fsp3) is 0.929. The van der Waals surface area contributed by atoms with Crippen molar-refractivity contribution in [1.29, 1.82) is 0 Å². The van der Waals surface area contributed by atoms with Crippen LogP contribution in [0.4, 0.5) is 0 Å². The van der Waals surface area contributed by atoms with Crippen molar-refractivity contribution in [2.24, 2.45) is 5.92 Å². The average molecular weight is 270 g/mol. The first-order valence-electron chi connectivity index (χ1n) is 7.30. The van der Waals surface area contributed by atoms with Gasteiger partial charge in [-0.05, 0) is 38.3 Å². The van der Waals surface area contributed by atoms with E-state index in [2.05, 4.69) is 31.4 Å². The van der Waals surface area contributed by atoms with Gasteiger partial charge < -0.3 is 4.90 Å². The minimum atomic E-state index is -0.134. The molecule has 4 heteroatoms. The number of amides is 1. The third kappa shape index (κ3) is 3.21. The lowest BCUT2D eigenvalue weighted by atomic mass is 10.1. The van der Waals surface area contributed by atoms with E-state index in [1.54, 1.807) is 0 Å². The molecule has 2 saturated heterocycles. The predicted molar refractivity (Wildman–Crippen MR) is 78.0 cm³/mol. The first-order chi connectivity index (χ1) is 8.59. The first kappa shape index (κ1) is 14.2.